The van der Waals surface area contributed by atoms with Crippen LogP contribution in [-0.4, -0.2) is 32.0 Å². The van der Waals surface area contributed by atoms with Gasteiger partial charge in [-0.2, -0.15) is 0 Å². The average Bonchev–Trinajstić information content (AvgIpc) is 3.43. The molecule has 6 nitrogen and oxygen atoms in total. The normalized spacial score (nSPS) is 16.7. The molecule has 1 aliphatic rings. The fourth-order valence-corrected chi connectivity index (χ4v) is 6.47. The Hall–Kier alpha value is -4.49. The van der Waals surface area contributed by atoms with Crippen molar-refractivity contribution < 1.29 is 4.79 Å². The van der Waals surface area contributed by atoms with Gasteiger partial charge in [0.25, 0.3) is 0 Å². The molecule has 41 heavy (non-hydrogen) atoms. The van der Waals surface area contributed by atoms with E-state index in [0.717, 1.165) is 33.5 Å². The minimum absolute atomic E-state index is 0.0457. The van der Waals surface area contributed by atoms with Crippen LogP contribution in [0.1, 0.15) is 46.7 Å². The van der Waals surface area contributed by atoms with Gasteiger partial charge in [-0.3, -0.25) is 9.78 Å². The number of anilines is 1. The molecule has 1 aliphatic heterocycles. The van der Waals surface area contributed by atoms with Crippen LogP contribution in [0.5, 0.6) is 0 Å². The molecule has 0 spiro atoms. The summed E-state index contributed by atoms with van der Waals surface area (Å²) >= 11 is 5.91. The summed E-state index contributed by atoms with van der Waals surface area (Å²) in [5.41, 5.74) is 7.65. The minimum Gasteiger partial charge on any atom is -0.352 e. The maximum atomic E-state index is 13.3. The van der Waals surface area contributed by atoms with E-state index in [2.05, 4.69) is 77.3 Å². The van der Waals surface area contributed by atoms with E-state index in [1.165, 1.54) is 16.8 Å². The molecule has 0 aliphatic carbocycles. The molecule has 2 N–H and O–H groups in total. The molecule has 0 radical (unpaired) electrons. The van der Waals surface area contributed by atoms with Crippen molar-refractivity contribution in [2.75, 3.05) is 11.9 Å². The number of amides is 1. The summed E-state index contributed by atoms with van der Waals surface area (Å²) in [5.74, 6) is -0.0457. The highest BCUT2D eigenvalue weighted by Crippen LogP contribution is 2.43. The lowest BCUT2D eigenvalue weighted by atomic mass is 9.93. The van der Waals surface area contributed by atoms with Gasteiger partial charge in [0.1, 0.15) is 0 Å². The Balaban J connectivity index is 1.33. The first-order chi connectivity index (χ1) is 19.9. The van der Waals surface area contributed by atoms with Crippen molar-refractivity contribution in [3.63, 3.8) is 0 Å². The summed E-state index contributed by atoms with van der Waals surface area (Å²) in [6, 6.07) is 30.2. The van der Waals surface area contributed by atoms with Gasteiger partial charge in [-0.25, -0.2) is 0 Å². The van der Waals surface area contributed by atoms with Gasteiger partial charge < -0.3 is 20.1 Å². The van der Waals surface area contributed by atoms with E-state index in [1.54, 1.807) is 0 Å². The van der Waals surface area contributed by atoms with E-state index in [9.17, 15) is 4.79 Å². The number of benzene rings is 3. The highest BCUT2D eigenvalue weighted by Gasteiger charge is 2.42. The van der Waals surface area contributed by atoms with Crippen LogP contribution in [-0.2, 0) is 4.79 Å². The molecule has 3 heterocycles. The largest absolute Gasteiger partial charge is 0.352 e. The maximum Gasteiger partial charge on any atom is 0.226 e. The quantitative estimate of drug-likeness (QED) is 0.211. The molecule has 206 valence electrons. The second-order valence-corrected chi connectivity index (χ2v) is 10.9. The van der Waals surface area contributed by atoms with Crippen LogP contribution in [0.3, 0.4) is 0 Å². The highest BCUT2D eigenvalue weighted by atomic mass is 32.1. The Bertz CT molecular complexity index is 1730. The lowest BCUT2D eigenvalue weighted by Gasteiger charge is -2.29. The fraction of sp³-hybridized carbons (Fsp3) is 0.206. The van der Waals surface area contributed by atoms with Crippen LogP contribution in [0.4, 0.5) is 5.69 Å². The van der Waals surface area contributed by atoms with Crippen molar-refractivity contribution in [2.45, 2.75) is 39.3 Å². The van der Waals surface area contributed by atoms with Crippen molar-refractivity contribution in [1.82, 2.24) is 19.8 Å². The Kier molecular flexibility index (Phi) is 7.28. The summed E-state index contributed by atoms with van der Waals surface area (Å²) < 4.78 is 2.31. The lowest BCUT2D eigenvalue weighted by Crippen LogP contribution is -2.33. The number of aromatic nitrogens is 2. The molecule has 5 aromatic rings. The Morgan fingerprint density at radius 2 is 1.63 bits per heavy atom. The molecular formula is C34H33N5OS. The molecule has 1 fully saturated rings. The molecule has 2 aromatic heterocycles. The van der Waals surface area contributed by atoms with E-state index in [4.69, 9.17) is 17.2 Å². The van der Waals surface area contributed by atoms with Gasteiger partial charge in [-0.1, -0.05) is 60.7 Å². The van der Waals surface area contributed by atoms with Gasteiger partial charge in [0, 0.05) is 52.9 Å². The first-order valence-corrected chi connectivity index (χ1v) is 14.3. The molecule has 6 rings (SSSR count). The van der Waals surface area contributed by atoms with Gasteiger partial charge >= 0.3 is 0 Å². The number of nitrogens with one attached hydrogen (secondary N) is 2. The Labute approximate surface area is 246 Å². The third-order valence-electron chi connectivity index (χ3n) is 8.16. The molecule has 0 saturated carbocycles. The Morgan fingerprint density at radius 3 is 2.41 bits per heavy atom. The van der Waals surface area contributed by atoms with Crippen LogP contribution in [0.25, 0.3) is 16.5 Å². The number of pyridine rings is 1. The SMILES string of the molecule is Cc1c([C@H]2[C@H](c3ccccn3)NC(=S)N2CCC(=O)Nc2cccc3ccccc23)c(C)n(-c2ccccc2)c1C. The van der Waals surface area contributed by atoms with E-state index >= 15 is 0 Å². The van der Waals surface area contributed by atoms with E-state index in [1.807, 2.05) is 60.8 Å². The van der Waals surface area contributed by atoms with Crippen LogP contribution < -0.4 is 10.6 Å². The topological polar surface area (TPSA) is 62.2 Å². The monoisotopic (exact) mass is 559 g/mol. The molecule has 1 amide bonds. The number of carbonyl (C=O) groups is 1. The van der Waals surface area contributed by atoms with Crippen molar-refractivity contribution in [1.29, 1.82) is 0 Å². The number of hydrogen-bond acceptors (Lipinski definition) is 3. The predicted molar refractivity (Wildman–Crippen MR) is 169 cm³/mol. The van der Waals surface area contributed by atoms with Crippen molar-refractivity contribution in [3.8, 4) is 5.69 Å². The van der Waals surface area contributed by atoms with Crippen LogP contribution in [0.15, 0.2) is 97.2 Å². The van der Waals surface area contributed by atoms with Gasteiger partial charge in [-0.15, -0.1) is 0 Å². The first kappa shape index (κ1) is 26.7. The van der Waals surface area contributed by atoms with E-state index < -0.39 is 0 Å². The summed E-state index contributed by atoms with van der Waals surface area (Å²) in [6.45, 7) is 6.99. The molecule has 3 aromatic carbocycles. The fourth-order valence-electron chi connectivity index (χ4n) is 6.14. The number of fused-ring (bicyclic) bond motifs is 1. The second kappa shape index (κ2) is 11.2. The number of thiocarbonyl (C=S) groups is 1. The van der Waals surface area contributed by atoms with Crippen LogP contribution in [0, 0.1) is 20.8 Å². The summed E-state index contributed by atoms with van der Waals surface area (Å²) in [5, 5.41) is 9.43. The number of para-hydroxylation sites is 1. The van der Waals surface area contributed by atoms with Crippen molar-refractivity contribution in [3.05, 3.63) is 125 Å². The molecule has 7 heteroatoms. The number of nitrogens with zero attached hydrogens (tertiary/aromatic N) is 3. The maximum absolute atomic E-state index is 13.3. The van der Waals surface area contributed by atoms with Crippen molar-refractivity contribution >= 4 is 39.7 Å². The summed E-state index contributed by atoms with van der Waals surface area (Å²) in [4.78, 5) is 20.1. The van der Waals surface area contributed by atoms with E-state index in [0.29, 0.717) is 18.1 Å². The second-order valence-electron chi connectivity index (χ2n) is 10.5. The smallest absolute Gasteiger partial charge is 0.226 e. The molecule has 1 saturated heterocycles. The zero-order valence-electron chi connectivity index (χ0n) is 23.5. The van der Waals surface area contributed by atoms with Crippen LogP contribution >= 0.6 is 12.2 Å². The van der Waals surface area contributed by atoms with E-state index in [-0.39, 0.29) is 18.0 Å². The minimum atomic E-state index is -0.145. The zero-order chi connectivity index (χ0) is 28.5. The van der Waals surface area contributed by atoms with Gasteiger partial charge in [0.2, 0.25) is 5.91 Å². The van der Waals surface area contributed by atoms with Gasteiger partial charge in [-0.05, 0) is 74.3 Å². The summed E-state index contributed by atoms with van der Waals surface area (Å²) in [7, 11) is 0. The third-order valence-corrected chi connectivity index (χ3v) is 8.51. The Morgan fingerprint density at radius 1 is 0.902 bits per heavy atom. The average molecular weight is 560 g/mol. The third kappa shape index (κ3) is 4.98. The molecule has 0 bridgehead atoms. The van der Waals surface area contributed by atoms with Crippen LogP contribution in [0.2, 0.25) is 0 Å². The highest BCUT2D eigenvalue weighted by molar-refractivity contribution is 7.80. The number of carbonyl (C=O) groups excluding carboxylic acids is 1. The first-order valence-electron chi connectivity index (χ1n) is 13.9. The predicted octanol–water partition coefficient (Wildman–Crippen LogP) is 6.95. The molecule has 2 atom stereocenters. The summed E-state index contributed by atoms with van der Waals surface area (Å²) in [6.07, 6.45) is 2.12. The lowest BCUT2D eigenvalue weighted by molar-refractivity contribution is -0.116. The van der Waals surface area contributed by atoms with Gasteiger partial charge in [0.15, 0.2) is 5.11 Å². The zero-order valence-corrected chi connectivity index (χ0v) is 24.3. The number of hydrogen-bond donors (Lipinski definition) is 2. The molecular weight excluding hydrogens is 526 g/mol. The molecule has 0 unspecified atom stereocenters. The van der Waals surface area contributed by atoms with Gasteiger partial charge in [0.05, 0.1) is 17.8 Å². The standard InChI is InChI=1S/C34H33N5OS/c1-22-23(2)39(26-14-5-4-6-15-26)24(3)31(22)33-32(29-17-9-10-20-35-29)37-34(41)38(33)21-19-30(40)36-28-18-11-13-25-12-7-8-16-27(25)28/h4-18,20,32-33H,19,21H2,1-3H3,(H,36,40)(H,37,41)/t32-,33-/m0/s1. The number of rotatable bonds is 7. The van der Waals surface area contributed by atoms with Crippen molar-refractivity contribution in [2.24, 2.45) is 0 Å².